The van der Waals surface area contributed by atoms with Crippen LogP contribution in [0.4, 0.5) is 4.79 Å². The molecule has 1 atom stereocenters. The van der Waals surface area contributed by atoms with Crippen molar-refractivity contribution < 1.29 is 14.6 Å². The number of nitrogens with one attached hydrogen (secondary N) is 2. The lowest BCUT2D eigenvalue weighted by atomic mass is 10.1. The second kappa shape index (κ2) is 9.23. The van der Waals surface area contributed by atoms with Crippen LogP contribution in [0.3, 0.4) is 0 Å². The predicted octanol–water partition coefficient (Wildman–Crippen LogP) is 1.94. The molecule has 0 saturated carbocycles. The van der Waals surface area contributed by atoms with E-state index in [0.717, 1.165) is 11.3 Å². The number of ether oxygens (including phenoxy) is 1. The quantitative estimate of drug-likeness (QED) is 0.686. The minimum atomic E-state index is -0.495. The van der Waals surface area contributed by atoms with E-state index in [1.807, 2.05) is 38.1 Å². The summed E-state index contributed by atoms with van der Waals surface area (Å²) >= 11 is 0. The summed E-state index contributed by atoms with van der Waals surface area (Å²) in [7, 11) is 1.63. The van der Waals surface area contributed by atoms with Crippen molar-refractivity contribution in [2.45, 2.75) is 32.8 Å². The van der Waals surface area contributed by atoms with Crippen LogP contribution in [0, 0.1) is 5.92 Å². The maximum Gasteiger partial charge on any atom is 0.314 e. The Morgan fingerprint density at radius 1 is 1.29 bits per heavy atom. The van der Waals surface area contributed by atoms with Crippen LogP contribution in [0.15, 0.2) is 24.3 Å². The molecular weight excluding hydrogens is 268 g/mol. The molecule has 0 aliphatic heterocycles. The SMILES string of the molecule is COc1ccccc1CCNC(=O)NCC(O)CC(C)C. The molecule has 3 N–H and O–H groups in total. The number of benzene rings is 1. The molecule has 1 unspecified atom stereocenters. The average molecular weight is 294 g/mol. The fraction of sp³-hybridized carbons (Fsp3) is 0.562. The first-order valence-electron chi connectivity index (χ1n) is 7.34. The van der Waals surface area contributed by atoms with Gasteiger partial charge in [-0.2, -0.15) is 0 Å². The molecule has 0 aromatic heterocycles. The van der Waals surface area contributed by atoms with Crippen molar-refractivity contribution in [1.29, 1.82) is 0 Å². The van der Waals surface area contributed by atoms with Gasteiger partial charge in [0.05, 0.1) is 13.2 Å². The van der Waals surface area contributed by atoms with E-state index in [4.69, 9.17) is 4.74 Å². The van der Waals surface area contributed by atoms with Gasteiger partial charge in [0.2, 0.25) is 0 Å². The fourth-order valence-electron chi connectivity index (χ4n) is 2.12. The lowest BCUT2D eigenvalue weighted by Crippen LogP contribution is -2.40. The first-order chi connectivity index (χ1) is 10.0. The van der Waals surface area contributed by atoms with E-state index in [2.05, 4.69) is 10.6 Å². The molecule has 0 spiro atoms. The van der Waals surface area contributed by atoms with E-state index in [1.54, 1.807) is 7.11 Å². The molecule has 118 valence electrons. The lowest BCUT2D eigenvalue weighted by molar-refractivity contribution is 0.147. The Hall–Kier alpha value is -1.75. The zero-order valence-electron chi connectivity index (χ0n) is 13.1. The largest absolute Gasteiger partial charge is 0.496 e. The molecule has 0 fully saturated rings. The second-order valence-corrected chi connectivity index (χ2v) is 5.48. The normalized spacial score (nSPS) is 12.0. The Morgan fingerprint density at radius 2 is 2.00 bits per heavy atom. The number of carbonyl (C=O) groups excluding carboxylic acids is 1. The molecule has 21 heavy (non-hydrogen) atoms. The van der Waals surface area contributed by atoms with Crippen LogP contribution in [0.1, 0.15) is 25.8 Å². The van der Waals surface area contributed by atoms with Gasteiger partial charge in [-0.1, -0.05) is 32.0 Å². The minimum Gasteiger partial charge on any atom is -0.496 e. The van der Waals surface area contributed by atoms with Crippen molar-refractivity contribution in [3.8, 4) is 5.75 Å². The molecule has 2 amide bonds. The average Bonchev–Trinajstić information content (AvgIpc) is 2.45. The van der Waals surface area contributed by atoms with Crippen LogP contribution in [-0.4, -0.2) is 37.4 Å². The second-order valence-electron chi connectivity index (χ2n) is 5.48. The minimum absolute atomic E-state index is 0.257. The Labute approximate surface area is 126 Å². The number of amides is 2. The van der Waals surface area contributed by atoms with Gasteiger partial charge in [0.1, 0.15) is 5.75 Å². The van der Waals surface area contributed by atoms with Crippen molar-refractivity contribution in [1.82, 2.24) is 10.6 Å². The van der Waals surface area contributed by atoms with Crippen molar-refractivity contribution in [3.63, 3.8) is 0 Å². The molecule has 5 heteroatoms. The number of methoxy groups -OCH3 is 1. The standard InChI is InChI=1S/C16H26N2O3/c1-12(2)10-14(19)11-18-16(20)17-9-8-13-6-4-5-7-15(13)21-3/h4-7,12,14,19H,8-11H2,1-3H3,(H2,17,18,20). The third-order valence-corrected chi connectivity index (χ3v) is 3.11. The summed E-state index contributed by atoms with van der Waals surface area (Å²) < 4.78 is 5.26. The lowest BCUT2D eigenvalue weighted by Gasteiger charge is -2.14. The van der Waals surface area contributed by atoms with Crippen LogP contribution < -0.4 is 15.4 Å². The molecule has 0 aliphatic carbocycles. The number of aliphatic hydroxyl groups is 1. The maximum atomic E-state index is 11.6. The molecular formula is C16H26N2O3. The third-order valence-electron chi connectivity index (χ3n) is 3.11. The maximum absolute atomic E-state index is 11.6. The van der Waals surface area contributed by atoms with Crippen molar-refractivity contribution in [3.05, 3.63) is 29.8 Å². The van der Waals surface area contributed by atoms with Crippen LogP contribution >= 0.6 is 0 Å². The van der Waals surface area contributed by atoms with Crippen LogP contribution in [0.25, 0.3) is 0 Å². The zero-order chi connectivity index (χ0) is 15.7. The monoisotopic (exact) mass is 294 g/mol. The highest BCUT2D eigenvalue weighted by Crippen LogP contribution is 2.17. The number of rotatable bonds is 8. The summed E-state index contributed by atoms with van der Waals surface area (Å²) in [4.78, 5) is 11.6. The van der Waals surface area contributed by atoms with Crippen molar-refractivity contribution >= 4 is 6.03 Å². The number of urea groups is 1. The number of aliphatic hydroxyl groups excluding tert-OH is 1. The Kier molecular flexibility index (Phi) is 7.61. The summed E-state index contributed by atoms with van der Waals surface area (Å²) in [6, 6.07) is 7.48. The number of carbonyl (C=O) groups is 1. The van der Waals surface area contributed by atoms with Gasteiger partial charge in [0.25, 0.3) is 0 Å². The van der Waals surface area contributed by atoms with Gasteiger partial charge in [0, 0.05) is 13.1 Å². The van der Waals surface area contributed by atoms with E-state index in [0.29, 0.717) is 25.3 Å². The highest BCUT2D eigenvalue weighted by Gasteiger charge is 2.09. The molecule has 1 aromatic carbocycles. The summed E-state index contributed by atoms with van der Waals surface area (Å²) in [5, 5.41) is 15.1. The van der Waals surface area contributed by atoms with Crippen LogP contribution in [0.5, 0.6) is 5.75 Å². The summed E-state index contributed by atoms with van der Waals surface area (Å²) in [6.07, 6.45) is 0.887. The van der Waals surface area contributed by atoms with Gasteiger partial charge in [-0.25, -0.2) is 4.79 Å². The predicted molar refractivity (Wildman–Crippen MR) is 83.6 cm³/mol. The summed E-state index contributed by atoms with van der Waals surface area (Å²) in [5.74, 6) is 1.24. The van der Waals surface area contributed by atoms with Gasteiger partial charge in [-0.3, -0.25) is 0 Å². The highest BCUT2D eigenvalue weighted by atomic mass is 16.5. The van der Waals surface area contributed by atoms with Crippen molar-refractivity contribution in [2.75, 3.05) is 20.2 Å². The summed E-state index contributed by atoms with van der Waals surface area (Å²) in [5.41, 5.74) is 1.06. The molecule has 0 aliphatic rings. The van der Waals surface area contributed by atoms with Gasteiger partial charge in [0.15, 0.2) is 0 Å². The van der Waals surface area contributed by atoms with Crippen LogP contribution in [-0.2, 0) is 6.42 Å². The molecule has 1 rings (SSSR count). The first kappa shape index (κ1) is 17.3. The van der Waals surface area contributed by atoms with E-state index >= 15 is 0 Å². The molecule has 0 radical (unpaired) electrons. The Bertz CT molecular complexity index is 435. The van der Waals surface area contributed by atoms with E-state index in [-0.39, 0.29) is 12.6 Å². The number of hydrogen-bond acceptors (Lipinski definition) is 3. The van der Waals surface area contributed by atoms with E-state index in [9.17, 15) is 9.90 Å². The Morgan fingerprint density at radius 3 is 2.67 bits per heavy atom. The summed E-state index contributed by atoms with van der Waals surface area (Å²) in [6.45, 7) is 4.87. The van der Waals surface area contributed by atoms with E-state index < -0.39 is 6.10 Å². The Balaban J connectivity index is 2.24. The van der Waals surface area contributed by atoms with Gasteiger partial charge in [-0.15, -0.1) is 0 Å². The van der Waals surface area contributed by atoms with Gasteiger partial charge < -0.3 is 20.5 Å². The molecule has 5 nitrogen and oxygen atoms in total. The van der Waals surface area contributed by atoms with Gasteiger partial charge in [-0.05, 0) is 30.4 Å². The molecule has 0 saturated heterocycles. The number of hydrogen-bond donors (Lipinski definition) is 3. The smallest absolute Gasteiger partial charge is 0.314 e. The van der Waals surface area contributed by atoms with Gasteiger partial charge >= 0.3 is 6.03 Å². The fourth-order valence-corrected chi connectivity index (χ4v) is 2.12. The zero-order valence-corrected chi connectivity index (χ0v) is 13.1. The molecule has 0 heterocycles. The molecule has 0 bridgehead atoms. The topological polar surface area (TPSA) is 70.6 Å². The van der Waals surface area contributed by atoms with Crippen LogP contribution in [0.2, 0.25) is 0 Å². The number of para-hydroxylation sites is 1. The first-order valence-corrected chi connectivity index (χ1v) is 7.34. The van der Waals surface area contributed by atoms with E-state index in [1.165, 1.54) is 0 Å². The van der Waals surface area contributed by atoms with Crippen molar-refractivity contribution in [2.24, 2.45) is 5.92 Å². The third kappa shape index (κ3) is 6.99. The highest BCUT2D eigenvalue weighted by molar-refractivity contribution is 5.73. The molecule has 1 aromatic rings.